The third-order valence-electron chi connectivity index (χ3n) is 5.97. The summed E-state index contributed by atoms with van der Waals surface area (Å²) in [5, 5.41) is 0. The molecule has 0 aromatic heterocycles. The maximum absolute atomic E-state index is 12.7. The number of nitrogens with zero attached hydrogens (tertiary/aromatic N) is 3. The molecule has 1 unspecified atom stereocenters. The van der Waals surface area contributed by atoms with Crippen molar-refractivity contribution in [2.24, 2.45) is 0 Å². The Bertz CT molecular complexity index is 849. The Kier molecular flexibility index (Phi) is 5.27. The van der Waals surface area contributed by atoms with E-state index < -0.39 is 0 Å². The van der Waals surface area contributed by atoms with Gasteiger partial charge in [0.05, 0.1) is 13.7 Å². The molecule has 2 aromatic rings. The fourth-order valence-corrected chi connectivity index (χ4v) is 4.45. The molecule has 5 nitrogen and oxygen atoms in total. The molecule has 2 aromatic carbocycles. The van der Waals surface area contributed by atoms with Crippen molar-refractivity contribution in [3.63, 3.8) is 0 Å². The van der Waals surface area contributed by atoms with Crippen LogP contribution in [-0.4, -0.2) is 56.5 Å². The van der Waals surface area contributed by atoms with E-state index in [2.05, 4.69) is 47.2 Å². The zero-order valence-electron chi connectivity index (χ0n) is 17.0. The number of anilines is 1. The molecular formula is C23H29N3O2. The SMILES string of the molecule is COc1ccc(CCN2C(=O)CN(C)C2c2ccc3c(c2)CCCN3C)cc1. The fourth-order valence-electron chi connectivity index (χ4n) is 4.45. The zero-order chi connectivity index (χ0) is 19.7. The normalized spacial score (nSPS) is 19.8. The van der Waals surface area contributed by atoms with Gasteiger partial charge in [-0.05, 0) is 61.2 Å². The standard InChI is InChI=1S/C23H29N3O2/c1-24-13-4-5-18-15-19(8-11-21(18)24)23-25(2)16-22(27)26(23)14-12-17-6-9-20(28-3)10-7-17/h6-11,15,23H,4-5,12-14,16H2,1-3H3. The van der Waals surface area contributed by atoms with E-state index in [9.17, 15) is 4.79 Å². The van der Waals surface area contributed by atoms with Crippen LogP contribution in [0.15, 0.2) is 42.5 Å². The van der Waals surface area contributed by atoms with Gasteiger partial charge in [0, 0.05) is 25.8 Å². The Morgan fingerprint density at radius 1 is 1.11 bits per heavy atom. The highest BCUT2D eigenvalue weighted by Crippen LogP contribution is 2.34. The summed E-state index contributed by atoms with van der Waals surface area (Å²) in [5.74, 6) is 1.06. The van der Waals surface area contributed by atoms with Crippen molar-refractivity contribution in [1.82, 2.24) is 9.80 Å². The van der Waals surface area contributed by atoms with Gasteiger partial charge in [-0.25, -0.2) is 0 Å². The van der Waals surface area contributed by atoms with Crippen LogP contribution in [-0.2, 0) is 17.6 Å². The van der Waals surface area contributed by atoms with E-state index in [4.69, 9.17) is 4.74 Å². The van der Waals surface area contributed by atoms with E-state index >= 15 is 0 Å². The van der Waals surface area contributed by atoms with Crippen LogP contribution in [0.1, 0.15) is 29.3 Å². The number of ether oxygens (including phenoxy) is 1. The minimum Gasteiger partial charge on any atom is -0.497 e. The number of methoxy groups -OCH3 is 1. The Hall–Kier alpha value is -2.53. The van der Waals surface area contributed by atoms with Gasteiger partial charge in [0.1, 0.15) is 11.9 Å². The van der Waals surface area contributed by atoms with Gasteiger partial charge in [-0.1, -0.05) is 24.3 Å². The van der Waals surface area contributed by atoms with Gasteiger partial charge >= 0.3 is 0 Å². The lowest BCUT2D eigenvalue weighted by Crippen LogP contribution is -2.33. The minimum atomic E-state index is 0.0169. The predicted octanol–water partition coefficient (Wildman–Crippen LogP) is 3.09. The maximum Gasteiger partial charge on any atom is 0.238 e. The molecule has 2 aliphatic rings. The van der Waals surface area contributed by atoms with Crippen molar-refractivity contribution < 1.29 is 9.53 Å². The summed E-state index contributed by atoms with van der Waals surface area (Å²) in [4.78, 5) is 19.2. The average Bonchev–Trinajstić information content (AvgIpc) is 2.99. The molecule has 0 saturated carbocycles. The molecule has 0 N–H and O–H groups in total. The van der Waals surface area contributed by atoms with Crippen molar-refractivity contribution in [2.45, 2.75) is 25.4 Å². The van der Waals surface area contributed by atoms with Crippen molar-refractivity contribution in [3.05, 3.63) is 59.2 Å². The van der Waals surface area contributed by atoms with Gasteiger partial charge < -0.3 is 14.5 Å². The molecule has 0 bridgehead atoms. The quantitative estimate of drug-likeness (QED) is 0.800. The lowest BCUT2D eigenvalue weighted by molar-refractivity contribution is -0.128. The number of fused-ring (bicyclic) bond motifs is 1. The summed E-state index contributed by atoms with van der Waals surface area (Å²) >= 11 is 0. The zero-order valence-corrected chi connectivity index (χ0v) is 17.0. The van der Waals surface area contributed by atoms with Crippen molar-refractivity contribution in [1.29, 1.82) is 0 Å². The number of hydrogen-bond acceptors (Lipinski definition) is 4. The van der Waals surface area contributed by atoms with E-state index in [1.165, 1.54) is 28.8 Å². The number of amides is 1. The molecule has 5 heteroatoms. The number of carbonyl (C=O) groups excluding carboxylic acids is 1. The molecule has 0 spiro atoms. The number of hydrogen-bond donors (Lipinski definition) is 0. The minimum absolute atomic E-state index is 0.0169. The molecule has 2 heterocycles. The number of benzene rings is 2. The van der Waals surface area contributed by atoms with Crippen LogP contribution < -0.4 is 9.64 Å². The van der Waals surface area contributed by atoms with Gasteiger partial charge in [-0.15, -0.1) is 0 Å². The summed E-state index contributed by atoms with van der Waals surface area (Å²) < 4.78 is 5.23. The van der Waals surface area contributed by atoms with E-state index in [0.717, 1.165) is 31.7 Å². The van der Waals surface area contributed by atoms with Crippen LogP contribution >= 0.6 is 0 Å². The van der Waals surface area contributed by atoms with Gasteiger partial charge in [0.15, 0.2) is 0 Å². The van der Waals surface area contributed by atoms with E-state index in [1.54, 1.807) is 7.11 Å². The molecule has 1 amide bonds. The monoisotopic (exact) mass is 379 g/mol. The number of aryl methyl sites for hydroxylation is 1. The smallest absolute Gasteiger partial charge is 0.238 e. The second-order valence-electron chi connectivity index (χ2n) is 7.89. The first kappa shape index (κ1) is 18.8. The van der Waals surface area contributed by atoms with Crippen LogP contribution in [0.3, 0.4) is 0 Å². The van der Waals surface area contributed by atoms with E-state index in [0.29, 0.717) is 6.54 Å². The Labute approximate surface area is 167 Å². The summed E-state index contributed by atoms with van der Waals surface area (Å²) in [5.41, 5.74) is 5.16. The lowest BCUT2D eigenvalue weighted by Gasteiger charge is -2.32. The van der Waals surface area contributed by atoms with E-state index in [1.807, 2.05) is 24.1 Å². The maximum atomic E-state index is 12.7. The third-order valence-corrected chi connectivity index (χ3v) is 5.97. The predicted molar refractivity (Wildman–Crippen MR) is 112 cm³/mol. The first-order chi connectivity index (χ1) is 13.6. The Balaban J connectivity index is 1.53. The topological polar surface area (TPSA) is 36.0 Å². The number of carbonyl (C=O) groups is 1. The van der Waals surface area contributed by atoms with Crippen LogP contribution in [0, 0.1) is 0 Å². The Morgan fingerprint density at radius 3 is 2.64 bits per heavy atom. The Morgan fingerprint density at radius 2 is 1.89 bits per heavy atom. The molecule has 1 atom stereocenters. The first-order valence-corrected chi connectivity index (χ1v) is 10.0. The molecule has 4 rings (SSSR count). The lowest BCUT2D eigenvalue weighted by atomic mass is 9.98. The van der Waals surface area contributed by atoms with Gasteiger partial charge in [-0.3, -0.25) is 9.69 Å². The van der Waals surface area contributed by atoms with Crippen molar-refractivity contribution >= 4 is 11.6 Å². The molecule has 1 fully saturated rings. The molecule has 148 valence electrons. The average molecular weight is 380 g/mol. The van der Waals surface area contributed by atoms with E-state index in [-0.39, 0.29) is 12.1 Å². The molecule has 0 radical (unpaired) electrons. The molecule has 28 heavy (non-hydrogen) atoms. The van der Waals surface area contributed by atoms with Crippen LogP contribution in [0.2, 0.25) is 0 Å². The first-order valence-electron chi connectivity index (χ1n) is 10.0. The summed E-state index contributed by atoms with van der Waals surface area (Å²) in [6.45, 7) is 2.31. The highest BCUT2D eigenvalue weighted by Gasteiger charge is 2.36. The summed E-state index contributed by atoms with van der Waals surface area (Å²) in [7, 11) is 5.88. The van der Waals surface area contributed by atoms with Gasteiger partial charge in [-0.2, -0.15) is 0 Å². The second kappa shape index (κ2) is 7.84. The highest BCUT2D eigenvalue weighted by atomic mass is 16.5. The largest absolute Gasteiger partial charge is 0.497 e. The third kappa shape index (κ3) is 3.59. The van der Waals surface area contributed by atoms with Crippen molar-refractivity contribution in [2.75, 3.05) is 45.7 Å². The molecule has 1 saturated heterocycles. The highest BCUT2D eigenvalue weighted by molar-refractivity contribution is 5.81. The van der Waals surface area contributed by atoms with Crippen LogP contribution in [0.25, 0.3) is 0 Å². The fraction of sp³-hybridized carbons (Fsp3) is 0.435. The van der Waals surface area contributed by atoms with Gasteiger partial charge in [0.25, 0.3) is 0 Å². The van der Waals surface area contributed by atoms with Crippen LogP contribution in [0.5, 0.6) is 5.75 Å². The van der Waals surface area contributed by atoms with Gasteiger partial charge in [0.2, 0.25) is 5.91 Å². The number of likely N-dealkylation sites (N-methyl/N-ethyl adjacent to an activating group) is 1. The summed E-state index contributed by atoms with van der Waals surface area (Å²) in [6, 6.07) is 14.8. The molecule has 0 aliphatic carbocycles. The second-order valence-corrected chi connectivity index (χ2v) is 7.89. The molecular weight excluding hydrogens is 350 g/mol. The molecule has 2 aliphatic heterocycles. The van der Waals surface area contributed by atoms with Crippen molar-refractivity contribution in [3.8, 4) is 5.75 Å². The number of rotatable bonds is 5. The van der Waals surface area contributed by atoms with Crippen LogP contribution in [0.4, 0.5) is 5.69 Å². The summed E-state index contributed by atoms with van der Waals surface area (Å²) in [6.07, 6.45) is 3.16.